The van der Waals surface area contributed by atoms with Crippen LogP contribution < -0.4 is 10.1 Å². The number of rotatable bonds is 6. The summed E-state index contributed by atoms with van der Waals surface area (Å²) in [6.07, 6.45) is 4.53. The number of anilines is 1. The maximum absolute atomic E-state index is 13.4. The van der Waals surface area contributed by atoms with Crippen molar-refractivity contribution in [1.82, 2.24) is 34.3 Å². The molecule has 35 heavy (non-hydrogen) atoms. The molecule has 12 heteroatoms. The van der Waals surface area contributed by atoms with Gasteiger partial charge in [-0.15, -0.1) is 0 Å². The number of alkyl halides is 3. The van der Waals surface area contributed by atoms with Crippen LogP contribution in [-0.2, 0) is 20.3 Å². The summed E-state index contributed by atoms with van der Waals surface area (Å²) in [7, 11) is 3.13. The van der Waals surface area contributed by atoms with Crippen molar-refractivity contribution >= 4 is 16.7 Å². The molecule has 1 N–H and O–H groups in total. The van der Waals surface area contributed by atoms with Crippen molar-refractivity contribution in [2.24, 2.45) is 14.1 Å². The Kier molecular flexibility index (Phi) is 5.89. The average Bonchev–Trinajstić information content (AvgIpc) is 3.51. The molecule has 0 spiro atoms. The number of aryl methyl sites for hydroxylation is 2. The third-order valence-corrected chi connectivity index (χ3v) is 6.38. The number of hydrogen-bond acceptors (Lipinski definition) is 6. The Morgan fingerprint density at radius 2 is 1.86 bits per heavy atom. The van der Waals surface area contributed by atoms with E-state index in [2.05, 4.69) is 20.5 Å². The van der Waals surface area contributed by atoms with Crippen molar-refractivity contribution in [3.05, 3.63) is 36.5 Å². The van der Waals surface area contributed by atoms with Gasteiger partial charge in [0.1, 0.15) is 11.5 Å². The van der Waals surface area contributed by atoms with Crippen LogP contribution in [0.4, 0.5) is 19.0 Å². The predicted octanol–water partition coefficient (Wildman–Crippen LogP) is 4.58. The van der Waals surface area contributed by atoms with Gasteiger partial charge in [-0.1, -0.05) is 0 Å². The molecule has 0 amide bonds. The van der Waals surface area contributed by atoms with E-state index < -0.39 is 11.9 Å². The number of nitrogens with zero attached hydrogens (tertiary/aromatic N) is 7. The minimum atomic E-state index is -4.52. The van der Waals surface area contributed by atoms with Crippen molar-refractivity contribution in [2.75, 3.05) is 11.9 Å². The highest BCUT2D eigenvalue weighted by Crippen LogP contribution is 2.39. The fourth-order valence-corrected chi connectivity index (χ4v) is 4.76. The second-order valence-corrected chi connectivity index (χ2v) is 8.84. The molecule has 0 bridgehead atoms. The molecule has 186 valence electrons. The van der Waals surface area contributed by atoms with E-state index in [4.69, 9.17) is 9.84 Å². The van der Waals surface area contributed by atoms with Crippen molar-refractivity contribution in [3.63, 3.8) is 0 Å². The van der Waals surface area contributed by atoms with E-state index in [9.17, 15) is 13.2 Å². The molecular formula is C23H27F3N8O. The molecule has 0 aliphatic heterocycles. The predicted molar refractivity (Wildman–Crippen MR) is 124 cm³/mol. The first-order valence-corrected chi connectivity index (χ1v) is 11.6. The molecular weight excluding hydrogens is 461 g/mol. The number of hydrogen-bond donors (Lipinski definition) is 1. The average molecular weight is 489 g/mol. The van der Waals surface area contributed by atoms with Crippen molar-refractivity contribution < 1.29 is 17.9 Å². The van der Waals surface area contributed by atoms with Crippen molar-refractivity contribution in [2.45, 2.75) is 50.9 Å². The zero-order valence-corrected chi connectivity index (χ0v) is 19.7. The van der Waals surface area contributed by atoms with Gasteiger partial charge in [-0.3, -0.25) is 14.0 Å². The SMILES string of the molecule is CCNc1cc2c(cn1)c(-c1cnn(C)c1)nn2C1CCC(Oc2cnn(C)c2C(F)(F)F)CC1. The Balaban J connectivity index is 1.39. The van der Waals surface area contributed by atoms with E-state index in [1.807, 2.05) is 37.1 Å². The molecule has 9 nitrogen and oxygen atoms in total. The Morgan fingerprint density at radius 3 is 2.51 bits per heavy atom. The summed E-state index contributed by atoms with van der Waals surface area (Å²) < 4.78 is 50.5. The summed E-state index contributed by atoms with van der Waals surface area (Å²) in [5, 5.41) is 17.1. The Hall–Kier alpha value is -3.57. The highest BCUT2D eigenvalue weighted by Gasteiger charge is 2.39. The van der Waals surface area contributed by atoms with Gasteiger partial charge >= 0.3 is 6.18 Å². The summed E-state index contributed by atoms with van der Waals surface area (Å²) >= 11 is 0. The van der Waals surface area contributed by atoms with Crippen LogP contribution in [0.5, 0.6) is 5.75 Å². The number of nitrogens with one attached hydrogen (secondary N) is 1. The van der Waals surface area contributed by atoms with Gasteiger partial charge in [0.2, 0.25) is 0 Å². The molecule has 1 fully saturated rings. The van der Waals surface area contributed by atoms with Gasteiger partial charge in [-0.25, -0.2) is 4.98 Å². The second-order valence-electron chi connectivity index (χ2n) is 8.84. The van der Waals surface area contributed by atoms with Gasteiger partial charge in [0, 0.05) is 50.0 Å². The number of pyridine rings is 1. The van der Waals surface area contributed by atoms with Crippen LogP contribution >= 0.6 is 0 Å². The largest absolute Gasteiger partial charge is 0.486 e. The maximum Gasteiger partial charge on any atom is 0.436 e. The highest BCUT2D eigenvalue weighted by molar-refractivity contribution is 5.93. The van der Waals surface area contributed by atoms with Gasteiger partial charge in [-0.05, 0) is 32.6 Å². The lowest BCUT2D eigenvalue weighted by atomic mass is 9.93. The fourth-order valence-electron chi connectivity index (χ4n) is 4.76. The van der Waals surface area contributed by atoms with Gasteiger partial charge in [0.15, 0.2) is 11.4 Å². The van der Waals surface area contributed by atoms with Gasteiger partial charge in [0.05, 0.1) is 30.1 Å². The lowest BCUT2D eigenvalue weighted by molar-refractivity contribution is -0.145. The van der Waals surface area contributed by atoms with Gasteiger partial charge < -0.3 is 10.1 Å². The van der Waals surface area contributed by atoms with Crippen LogP contribution in [0.3, 0.4) is 0 Å². The Bertz CT molecular complexity index is 1330. The minimum absolute atomic E-state index is 0.0932. The molecule has 0 aromatic carbocycles. The normalized spacial score (nSPS) is 18.8. The monoisotopic (exact) mass is 488 g/mol. The molecule has 0 atom stereocenters. The lowest BCUT2D eigenvalue weighted by Crippen LogP contribution is -2.27. The number of halogens is 3. The van der Waals surface area contributed by atoms with Gasteiger partial charge in [0.25, 0.3) is 0 Å². The fraction of sp³-hybridized carbons (Fsp3) is 0.478. The maximum atomic E-state index is 13.4. The van der Waals surface area contributed by atoms with E-state index in [-0.39, 0.29) is 17.9 Å². The first-order valence-electron chi connectivity index (χ1n) is 11.6. The van der Waals surface area contributed by atoms with Crippen LogP contribution in [0.1, 0.15) is 44.3 Å². The number of aromatic nitrogens is 7. The highest BCUT2D eigenvalue weighted by atomic mass is 19.4. The minimum Gasteiger partial charge on any atom is -0.486 e. The molecule has 1 aliphatic rings. The third-order valence-electron chi connectivity index (χ3n) is 6.38. The Labute approximate surface area is 199 Å². The summed E-state index contributed by atoms with van der Waals surface area (Å²) in [6.45, 7) is 2.76. The number of ether oxygens (including phenoxy) is 1. The topological polar surface area (TPSA) is 87.6 Å². The van der Waals surface area contributed by atoms with E-state index in [1.54, 1.807) is 10.9 Å². The smallest absolute Gasteiger partial charge is 0.436 e. The first kappa shape index (κ1) is 23.2. The summed E-state index contributed by atoms with van der Waals surface area (Å²) in [5.41, 5.74) is 1.82. The molecule has 5 rings (SSSR count). The summed E-state index contributed by atoms with van der Waals surface area (Å²) in [4.78, 5) is 4.53. The van der Waals surface area contributed by atoms with E-state index in [1.165, 1.54) is 7.05 Å². The second kappa shape index (κ2) is 8.90. The molecule has 4 aromatic rings. The van der Waals surface area contributed by atoms with E-state index >= 15 is 0 Å². The van der Waals surface area contributed by atoms with Crippen LogP contribution in [-0.4, -0.2) is 47.0 Å². The zero-order valence-electron chi connectivity index (χ0n) is 19.7. The molecule has 0 saturated heterocycles. The molecule has 4 heterocycles. The third kappa shape index (κ3) is 4.44. The molecule has 0 radical (unpaired) electrons. The van der Waals surface area contributed by atoms with Crippen LogP contribution in [0.2, 0.25) is 0 Å². The van der Waals surface area contributed by atoms with E-state index in [0.717, 1.165) is 58.2 Å². The lowest BCUT2D eigenvalue weighted by Gasteiger charge is -2.29. The molecule has 1 saturated carbocycles. The van der Waals surface area contributed by atoms with Gasteiger partial charge in [-0.2, -0.15) is 28.5 Å². The zero-order chi connectivity index (χ0) is 24.7. The molecule has 4 aromatic heterocycles. The van der Waals surface area contributed by atoms with Crippen molar-refractivity contribution in [3.8, 4) is 17.0 Å². The van der Waals surface area contributed by atoms with Crippen LogP contribution in [0, 0.1) is 0 Å². The van der Waals surface area contributed by atoms with Crippen LogP contribution in [0.25, 0.3) is 22.2 Å². The van der Waals surface area contributed by atoms with Crippen molar-refractivity contribution in [1.29, 1.82) is 0 Å². The number of fused-ring (bicyclic) bond motifs is 1. The molecule has 0 unspecified atom stereocenters. The Morgan fingerprint density at radius 1 is 1.09 bits per heavy atom. The van der Waals surface area contributed by atoms with E-state index in [0.29, 0.717) is 12.8 Å². The quantitative estimate of drug-likeness (QED) is 0.428. The molecule has 1 aliphatic carbocycles. The first-order chi connectivity index (χ1) is 16.7. The summed E-state index contributed by atoms with van der Waals surface area (Å²) in [5.74, 6) is 0.556. The standard InChI is InChI=1S/C23H27F3N8O/c1-4-27-20-9-18-17(11-28-20)21(14-10-29-32(2)13-14)31-34(18)15-5-7-16(8-6-15)35-19-12-30-33(3)22(19)23(24,25)26/h9-13,15-16H,4-8H2,1-3H3,(H,27,28). The summed E-state index contributed by atoms with van der Waals surface area (Å²) in [6, 6.07) is 2.09. The van der Waals surface area contributed by atoms with Crippen LogP contribution in [0.15, 0.2) is 30.9 Å².